The van der Waals surface area contributed by atoms with Gasteiger partial charge in [-0.1, -0.05) is 53.9 Å². The van der Waals surface area contributed by atoms with Crippen molar-refractivity contribution in [2.75, 3.05) is 6.61 Å². The highest BCUT2D eigenvalue weighted by atomic mass is 16.6. The summed E-state index contributed by atoms with van der Waals surface area (Å²) in [7, 11) is 0. The summed E-state index contributed by atoms with van der Waals surface area (Å²) in [5.74, 6) is 6.16. The molecule has 4 saturated carbocycles. The van der Waals surface area contributed by atoms with Gasteiger partial charge in [0, 0.05) is 0 Å². The van der Waals surface area contributed by atoms with Crippen molar-refractivity contribution in [1.29, 1.82) is 0 Å². The number of hydrogen-bond donors (Lipinski definition) is 1. The lowest BCUT2D eigenvalue weighted by Crippen LogP contribution is -2.60. The van der Waals surface area contributed by atoms with E-state index < -0.39 is 5.72 Å². The van der Waals surface area contributed by atoms with E-state index in [1.54, 1.807) is 5.06 Å². The van der Waals surface area contributed by atoms with E-state index in [-0.39, 0.29) is 5.54 Å². The second-order valence-electron chi connectivity index (χ2n) is 15.3. The molecule has 9 atom stereocenters. The fourth-order valence-electron chi connectivity index (χ4n) is 10.5. The second kappa shape index (κ2) is 8.73. The van der Waals surface area contributed by atoms with Crippen molar-refractivity contribution < 1.29 is 9.94 Å². The Morgan fingerprint density at radius 2 is 1.59 bits per heavy atom. The van der Waals surface area contributed by atoms with E-state index in [1.807, 2.05) is 0 Å². The van der Waals surface area contributed by atoms with Crippen LogP contribution in [0.1, 0.15) is 126 Å². The molecule has 0 aromatic rings. The zero-order valence-electron chi connectivity index (χ0n) is 23.5. The van der Waals surface area contributed by atoms with E-state index >= 15 is 0 Å². The van der Waals surface area contributed by atoms with Crippen LogP contribution in [0.2, 0.25) is 0 Å². The molecule has 3 nitrogen and oxygen atoms in total. The van der Waals surface area contributed by atoms with Crippen molar-refractivity contribution in [3.8, 4) is 0 Å². The molecule has 4 aliphatic carbocycles. The Hall–Kier alpha value is -0.120. The van der Waals surface area contributed by atoms with Crippen molar-refractivity contribution in [3.63, 3.8) is 0 Å². The lowest BCUT2D eigenvalue weighted by molar-refractivity contribution is -0.283. The molecule has 0 amide bonds. The first-order valence-corrected chi connectivity index (χ1v) is 15.1. The zero-order valence-corrected chi connectivity index (χ0v) is 23.5. The van der Waals surface area contributed by atoms with Gasteiger partial charge >= 0.3 is 0 Å². The Morgan fingerprint density at radius 3 is 2.26 bits per heavy atom. The van der Waals surface area contributed by atoms with Crippen LogP contribution in [0.25, 0.3) is 0 Å². The van der Waals surface area contributed by atoms with Crippen molar-refractivity contribution in [2.24, 2.45) is 52.3 Å². The molecule has 3 heteroatoms. The first kappa shape index (κ1) is 25.5. The predicted molar refractivity (Wildman–Crippen MR) is 139 cm³/mol. The summed E-state index contributed by atoms with van der Waals surface area (Å²) in [6.45, 7) is 17.6. The third-order valence-corrected chi connectivity index (χ3v) is 12.5. The lowest BCUT2D eigenvalue weighted by atomic mass is 9.44. The van der Waals surface area contributed by atoms with Gasteiger partial charge in [-0.25, -0.2) is 0 Å². The largest absolute Gasteiger partial charge is 0.356 e. The van der Waals surface area contributed by atoms with Gasteiger partial charge < -0.3 is 9.94 Å². The van der Waals surface area contributed by atoms with Gasteiger partial charge in [0.05, 0.1) is 12.1 Å². The molecule has 5 fully saturated rings. The highest BCUT2D eigenvalue weighted by Gasteiger charge is 2.64. The maximum Gasteiger partial charge on any atom is 0.144 e. The Kier molecular flexibility index (Phi) is 6.55. The van der Waals surface area contributed by atoms with Gasteiger partial charge in [-0.2, -0.15) is 5.06 Å². The van der Waals surface area contributed by atoms with Gasteiger partial charge in [0.2, 0.25) is 0 Å². The summed E-state index contributed by atoms with van der Waals surface area (Å²) in [6.07, 6.45) is 16.2. The Labute approximate surface area is 210 Å². The van der Waals surface area contributed by atoms with E-state index in [4.69, 9.17) is 4.74 Å². The molecule has 0 aromatic heterocycles. The topological polar surface area (TPSA) is 32.7 Å². The first-order valence-electron chi connectivity index (χ1n) is 15.1. The van der Waals surface area contributed by atoms with Gasteiger partial charge in [0.25, 0.3) is 0 Å². The fourth-order valence-corrected chi connectivity index (χ4v) is 10.5. The molecule has 196 valence electrons. The summed E-state index contributed by atoms with van der Waals surface area (Å²) < 4.78 is 6.39. The van der Waals surface area contributed by atoms with Crippen molar-refractivity contribution in [1.82, 2.24) is 5.06 Å². The summed E-state index contributed by atoms with van der Waals surface area (Å²) >= 11 is 0. The van der Waals surface area contributed by atoms with Crippen LogP contribution in [0, 0.1) is 52.3 Å². The average molecular weight is 474 g/mol. The van der Waals surface area contributed by atoms with Gasteiger partial charge in [-0.05, 0) is 124 Å². The van der Waals surface area contributed by atoms with Crippen LogP contribution in [0.15, 0.2) is 0 Å². The average Bonchev–Trinajstić information content (AvgIpc) is 3.24. The number of ether oxygens (including phenoxy) is 1. The zero-order chi connectivity index (χ0) is 24.5. The molecule has 34 heavy (non-hydrogen) atoms. The molecule has 9 unspecified atom stereocenters. The van der Waals surface area contributed by atoms with Crippen LogP contribution in [-0.4, -0.2) is 28.1 Å². The number of nitrogens with zero attached hydrogens (tertiary/aromatic N) is 1. The predicted octanol–water partition coefficient (Wildman–Crippen LogP) is 8.30. The number of rotatable bonds is 5. The van der Waals surface area contributed by atoms with E-state index in [0.717, 1.165) is 48.3 Å². The van der Waals surface area contributed by atoms with E-state index in [2.05, 4.69) is 48.5 Å². The summed E-state index contributed by atoms with van der Waals surface area (Å²) in [5, 5.41) is 12.7. The van der Waals surface area contributed by atoms with Crippen molar-refractivity contribution >= 4 is 0 Å². The fraction of sp³-hybridized carbons (Fsp3) is 1.00. The molecular formula is C31H55NO2. The quantitative estimate of drug-likeness (QED) is 0.436. The van der Waals surface area contributed by atoms with Gasteiger partial charge in [-0.15, -0.1) is 0 Å². The molecule has 1 heterocycles. The van der Waals surface area contributed by atoms with Crippen molar-refractivity contribution in [3.05, 3.63) is 0 Å². The van der Waals surface area contributed by atoms with Gasteiger partial charge in [-0.3, -0.25) is 0 Å². The Balaban J connectivity index is 1.29. The molecule has 5 rings (SSSR count). The first-order chi connectivity index (χ1) is 15.9. The second-order valence-corrected chi connectivity index (χ2v) is 15.3. The minimum atomic E-state index is -0.423. The molecule has 1 N–H and O–H groups in total. The SMILES string of the molecule is CC(C)CCCC(C)C1CCC2C3CCC4CC5(CCC4(C)C3CCC12C)OCC(C)(C)N5O. The van der Waals surface area contributed by atoms with Gasteiger partial charge in [0.1, 0.15) is 5.72 Å². The standard InChI is InChI=1S/C31H55NO2/c1-21(2)9-8-10-22(3)25-13-14-26-24-12-11-23-19-31(32(33)28(4,5)20-34-31)18-17-29(23,6)27(24)15-16-30(25,26)7/h21-27,33H,8-20H2,1-7H3. The molecule has 0 radical (unpaired) electrons. The maximum atomic E-state index is 11.1. The summed E-state index contributed by atoms with van der Waals surface area (Å²) in [5.41, 5.74) is 0.335. The Morgan fingerprint density at radius 1 is 0.853 bits per heavy atom. The number of hydroxylamine groups is 2. The minimum Gasteiger partial charge on any atom is -0.356 e. The Bertz CT molecular complexity index is 750. The molecule has 1 aliphatic heterocycles. The monoisotopic (exact) mass is 473 g/mol. The highest BCUT2D eigenvalue weighted by Crippen LogP contribution is 2.69. The van der Waals surface area contributed by atoms with E-state index in [1.165, 1.54) is 64.2 Å². The van der Waals surface area contributed by atoms with E-state index in [9.17, 15) is 5.21 Å². The third-order valence-electron chi connectivity index (χ3n) is 12.5. The van der Waals surface area contributed by atoms with Gasteiger partial charge in [0.15, 0.2) is 0 Å². The minimum absolute atomic E-state index is 0.262. The number of fused-ring (bicyclic) bond motifs is 5. The van der Waals surface area contributed by atoms with Crippen LogP contribution in [0.5, 0.6) is 0 Å². The molecule has 1 spiro atoms. The molecular weight excluding hydrogens is 418 g/mol. The molecule has 1 saturated heterocycles. The van der Waals surface area contributed by atoms with Crippen molar-refractivity contribution in [2.45, 2.75) is 137 Å². The lowest BCUT2D eigenvalue weighted by Gasteiger charge is -2.62. The summed E-state index contributed by atoms with van der Waals surface area (Å²) in [6, 6.07) is 0. The third kappa shape index (κ3) is 3.85. The maximum absolute atomic E-state index is 11.1. The molecule has 0 aromatic carbocycles. The van der Waals surface area contributed by atoms with Crippen LogP contribution < -0.4 is 0 Å². The number of hydrogen-bond acceptors (Lipinski definition) is 3. The van der Waals surface area contributed by atoms with Crippen LogP contribution in [0.4, 0.5) is 0 Å². The highest BCUT2D eigenvalue weighted by molar-refractivity contribution is 5.12. The van der Waals surface area contributed by atoms with Crippen LogP contribution in [0.3, 0.4) is 0 Å². The normalized spacial score (nSPS) is 49.1. The molecule has 0 bridgehead atoms. The smallest absolute Gasteiger partial charge is 0.144 e. The molecule has 5 aliphatic rings. The van der Waals surface area contributed by atoms with Crippen LogP contribution in [-0.2, 0) is 4.74 Å². The summed E-state index contributed by atoms with van der Waals surface area (Å²) in [4.78, 5) is 0. The van der Waals surface area contributed by atoms with E-state index in [0.29, 0.717) is 23.4 Å². The van der Waals surface area contributed by atoms with Crippen LogP contribution >= 0.6 is 0 Å².